The third-order valence-electron chi connectivity index (χ3n) is 5.31. The Kier molecular flexibility index (Phi) is 4.46. The van der Waals surface area contributed by atoms with Crippen LogP contribution in [0.3, 0.4) is 0 Å². The van der Waals surface area contributed by atoms with Crippen LogP contribution in [0.2, 0.25) is 0 Å². The summed E-state index contributed by atoms with van der Waals surface area (Å²) in [6.07, 6.45) is 7.12. The summed E-state index contributed by atoms with van der Waals surface area (Å²) in [5.41, 5.74) is 1.65. The number of carbonyl (C=O) groups is 1. The van der Waals surface area contributed by atoms with Crippen LogP contribution in [-0.2, 0) is 4.79 Å². The fourth-order valence-corrected chi connectivity index (χ4v) is 4.82. The van der Waals surface area contributed by atoms with Crippen molar-refractivity contribution in [1.29, 1.82) is 0 Å². The molecule has 1 heterocycles. The van der Waals surface area contributed by atoms with E-state index in [2.05, 4.69) is 25.7 Å². The fraction of sp³-hybridized carbons (Fsp3) is 0.571. The summed E-state index contributed by atoms with van der Waals surface area (Å²) in [7, 11) is 0. The number of rotatable bonds is 4. The fourth-order valence-electron chi connectivity index (χ4n) is 4.82. The molecular formula is C21H29NO2. The van der Waals surface area contributed by atoms with Crippen molar-refractivity contribution in [2.24, 2.45) is 10.8 Å². The molecule has 2 aliphatic rings. The van der Waals surface area contributed by atoms with Gasteiger partial charge in [-0.1, -0.05) is 32.9 Å². The third kappa shape index (κ3) is 3.66. The number of amides is 1. The SMILES string of the molecule is CCOc1ccc(/C=C/C(=O)N2CC3(C)CC2CC(C)(C)C3)cc1. The van der Waals surface area contributed by atoms with Gasteiger partial charge in [-0.05, 0) is 60.8 Å². The van der Waals surface area contributed by atoms with E-state index in [0.717, 1.165) is 30.7 Å². The first kappa shape index (κ1) is 17.1. The largest absolute Gasteiger partial charge is 0.494 e. The van der Waals surface area contributed by atoms with Gasteiger partial charge >= 0.3 is 0 Å². The van der Waals surface area contributed by atoms with Crippen molar-refractivity contribution < 1.29 is 9.53 Å². The number of carbonyl (C=O) groups excluding carboxylic acids is 1. The highest BCUT2D eigenvalue weighted by molar-refractivity contribution is 5.92. The van der Waals surface area contributed by atoms with Crippen molar-refractivity contribution in [2.75, 3.05) is 13.2 Å². The Morgan fingerprint density at radius 1 is 1.25 bits per heavy atom. The lowest BCUT2D eigenvalue weighted by Crippen LogP contribution is -2.36. The van der Waals surface area contributed by atoms with E-state index < -0.39 is 0 Å². The molecule has 2 atom stereocenters. The van der Waals surface area contributed by atoms with E-state index >= 15 is 0 Å². The molecule has 1 aromatic rings. The van der Waals surface area contributed by atoms with Crippen LogP contribution in [0.15, 0.2) is 30.3 Å². The standard InChI is InChI=1S/C21H29NO2/c1-5-24-18-9-6-16(7-10-18)8-11-19(23)22-15-21(4)13-17(22)12-20(2,3)14-21/h6-11,17H,5,12-15H2,1-4H3/b11-8+. The van der Waals surface area contributed by atoms with E-state index in [1.54, 1.807) is 6.08 Å². The monoisotopic (exact) mass is 327 g/mol. The molecule has 0 aromatic heterocycles. The zero-order chi connectivity index (χ0) is 17.4. The second-order valence-corrected chi connectivity index (χ2v) is 8.52. The number of benzene rings is 1. The summed E-state index contributed by atoms with van der Waals surface area (Å²) in [6.45, 7) is 10.5. The first-order valence-corrected chi connectivity index (χ1v) is 9.02. The average Bonchev–Trinajstić information content (AvgIpc) is 2.75. The smallest absolute Gasteiger partial charge is 0.246 e. The highest BCUT2D eigenvalue weighted by atomic mass is 16.5. The molecule has 3 heteroatoms. The number of hydrogen-bond acceptors (Lipinski definition) is 2. The summed E-state index contributed by atoms with van der Waals surface area (Å²) < 4.78 is 5.45. The molecule has 2 unspecified atom stereocenters. The van der Waals surface area contributed by atoms with Crippen molar-refractivity contribution in [1.82, 2.24) is 4.90 Å². The van der Waals surface area contributed by atoms with Crippen LogP contribution in [-0.4, -0.2) is 30.0 Å². The highest BCUT2D eigenvalue weighted by Crippen LogP contribution is 2.52. The second kappa shape index (κ2) is 6.27. The van der Waals surface area contributed by atoms with Crippen LogP contribution >= 0.6 is 0 Å². The Labute approximate surface area is 145 Å². The summed E-state index contributed by atoms with van der Waals surface area (Å²) >= 11 is 0. The van der Waals surface area contributed by atoms with Gasteiger partial charge in [0.2, 0.25) is 5.91 Å². The van der Waals surface area contributed by atoms with E-state index in [1.165, 1.54) is 6.42 Å². The zero-order valence-corrected chi connectivity index (χ0v) is 15.3. The number of nitrogens with zero attached hydrogens (tertiary/aromatic N) is 1. The van der Waals surface area contributed by atoms with Crippen molar-refractivity contribution in [2.45, 2.75) is 53.0 Å². The van der Waals surface area contributed by atoms with Gasteiger partial charge in [-0.3, -0.25) is 4.79 Å². The van der Waals surface area contributed by atoms with Gasteiger partial charge in [-0.15, -0.1) is 0 Å². The van der Waals surface area contributed by atoms with Gasteiger partial charge in [0, 0.05) is 18.7 Å². The minimum absolute atomic E-state index is 0.148. The van der Waals surface area contributed by atoms with Crippen LogP contribution in [0.1, 0.15) is 52.5 Å². The van der Waals surface area contributed by atoms with Crippen LogP contribution in [0.4, 0.5) is 0 Å². The number of hydrogen-bond donors (Lipinski definition) is 0. The topological polar surface area (TPSA) is 29.5 Å². The summed E-state index contributed by atoms with van der Waals surface area (Å²) in [5, 5.41) is 0. The highest BCUT2D eigenvalue weighted by Gasteiger charge is 2.50. The van der Waals surface area contributed by atoms with Gasteiger partial charge in [-0.2, -0.15) is 0 Å². The van der Waals surface area contributed by atoms with Crippen LogP contribution in [0.25, 0.3) is 6.08 Å². The van der Waals surface area contributed by atoms with E-state index in [-0.39, 0.29) is 11.3 Å². The minimum atomic E-state index is 0.148. The molecule has 1 amide bonds. The molecule has 1 saturated carbocycles. The van der Waals surface area contributed by atoms with Gasteiger partial charge in [0.05, 0.1) is 6.61 Å². The molecule has 1 aromatic carbocycles. The molecule has 24 heavy (non-hydrogen) atoms. The van der Waals surface area contributed by atoms with E-state index in [9.17, 15) is 4.79 Å². The molecule has 0 spiro atoms. The lowest BCUT2D eigenvalue weighted by molar-refractivity contribution is -0.127. The molecule has 2 bridgehead atoms. The van der Waals surface area contributed by atoms with Crippen LogP contribution in [0, 0.1) is 10.8 Å². The Morgan fingerprint density at radius 2 is 1.96 bits per heavy atom. The van der Waals surface area contributed by atoms with Gasteiger partial charge in [-0.25, -0.2) is 0 Å². The molecule has 0 radical (unpaired) electrons. The lowest BCUT2D eigenvalue weighted by Gasteiger charge is -2.39. The second-order valence-electron chi connectivity index (χ2n) is 8.52. The minimum Gasteiger partial charge on any atom is -0.494 e. The molecule has 130 valence electrons. The first-order chi connectivity index (χ1) is 11.3. The summed E-state index contributed by atoms with van der Waals surface area (Å²) in [4.78, 5) is 14.8. The molecule has 3 rings (SSSR count). The predicted octanol–water partition coefficient (Wildman–Crippen LogP) is 4.53. The molecule has 2 fully saturated rings. The Bertz CT molecular complexity index is 632. The van der Waals surface area contributed by atoms with Crippen LogP contribution in [0.5, 0.6) is 5.75 Å². The van der Waals surface area contributed by atoms with Crippen molar-refractivity contribution in [3.8, 4) is 5.75 Å². The normalized spacial score (nSPS) is 28.3. The van der Waals surface area contributed by atoms with E-state index in [0.29, 0.717) is 18.1 Å². The number of ether oxygens (including phenoxy) is 1. The lowest BCUT2D eigenvalue weighted by atomic mass is 9.65. The van der Waals surface area contributed by atoms with Crippen molar-refractivity contribution in [3.05, 3.63) is 35.9 Å². The van der Waals surface area contributed by atoms with Crippen molar-refractivity contribution in [3.63, 3.8) is 0 Å². The zero-order valence-electron chi connectivity index (χ0n) is 15.3. The molecule has 1 aliphatic heterocycles. The van der Waals surface area contributed by atoms with Crippen molar-refractivity contribution >= 4 is 12.0 Å². The first-order valence-electron chi connectivity index (χ1n) is 9.02. The van der Waals surface area contributed by atoms with Gasteiger partial charge in [0.25, 0.3) is 0 Å². The van der Waals surface area contributed by atoms with Gasteiger partial charge in [0.15, 0.2) is 0 Å². The quantitative estimate of drug-likeness (QED) is 0.761. The predicted molar refractivity (Wildman–Crippen MR) is 97.9 cm³/mol. The Balaban J connectivity index is 1.67. The molecule has 1 saturated heterocycles. The summed E-state index contributed by atoms with van der Waals surface area (Å²) in [6, 6.07) is 8.26. The Morgan fingerprint density at radius 3 is 2.62 bits per heavy atom. The van der Waals surface area contributed by atoms with Gasteiger partial charge in [0.1, 0.15) is 5.75 Å². The molecule has 0 N–H and O–H groups in total. The van der Waals surface area contributed by atoms with Gasteiger partial charge < -0.3 is 9.64 Å². The number of likely N-dealkylation sites (tertiary alicyclic amines) is 1. The van der Waals surface area contributed by atoms with Crippen LogP contribution < -0.4 is 4.74 Å². The maximum absolute atomic E-state index is 12.7. The molecule has 3 nitrogen and oxygen atoms in total. The van der Waals surface area contributed by atoms with E-state index in [4.69, 9.17) is 4.74 Å². The Hall–Kier alpha value is -1.77. The molecule has 1 aliphatic carbocycles. The third-order valence-corrected chi connectivity index (χ3v) is 5.31. The number of fused-ring (bicyclic) bond motifs is 2. The maximum Gasteiger partial charge on any atom is 0.246 e. The van der Waals surface area contributed by atoms with E-state index in [1.807, 2.05) is 37.3 Å². The summed E-state index contributed by atoms with van der Waals surface area (Å²) in [5.74, 6) is 1.01. The average molecular weight is 327 g/mol. The molecular weight excluding hydrogens is 298 g/mol. The maximum atomic E-state index is 12.7.